The summed E-state index contributed by atoms with van der Waals surface area (Å²) in [5.74, 6) is 1.09. The Hall–Kier alpha value is -2.89. The van der Waals surface area contributed by atoms with Crippen LogP contribution in [0.3, 0.4) is 0 Å². The Bertz CT molecular complexity index is 696. The number of nitrogens with zero attached hydrogens (tertiary/aromatic N) is 1. The monoisotopic (exact) mass is 287 g/mol. The molecule has 108 valence electrons. The van der Waals surface area contributed by atoms with Crippen molar-refractivity contribution in [1.82, 2.24) is 0 Å². The quantitative estimate of drug-likeness (QED) is 0.477. The van der Waals surface area contributed by atoms with Gasteiger partial charge in [0.2, 0.25) is 0 Å². The third kappa shape index (κ3) is 3.36. The molecule has 0 atom stereocenters. The van der Waals surface area contributed by atoms with Crippen molar-refractivity contribution in [2.75, 3.05) is 7.11 Å². The molecule has 0 N–H and O–H groups in total. The smallest absolute Gasteiger partial charge is 0.280 e. The molecule has 2 aromatic carbocycles. The van der Waals surface area contributed by atoms with Gasteiger partial charge < -0.3 is 9.47 Å². The topological polar surface area (TPSA) is 78.7 Å². The Morgan fingerprint density at radius 3 is 2.38 bits per heavy atom. The molecule has 0 aliphatic heterocycles. The largest absolute Gasteiger partial charge is 0.497 e. The third-order valence-electron chi connectivity index (χ3n) is 2.82. The van der Waals surface area contributed by atoms with Gasteiger partial charge in [0, 0.05) is 12.1 Å². The molecule has 0 saturated carbocycles. The van der Waals surface area contributed by atoms with Crippen molar-refractivity contribution in [2.45, 2.75) is 6.92 Å². The lowest BCUT2D eigenvalue weighted by Crippen LogP contribution is -2.00. The minimum atomic E-state index is -0.591. The maximum atomic E-state index is 11.5. The Labute approximate surface area is 121 Å². The van der Waals surface area contributed by atoms with E-state index in [2.05, 4.69) is 0 Å². The number of rotatable bonds is 5. The molecule has 0 aliphatic rings. The highest BCUT2D eigenvalue weighted by Crippen LogP contribution is 2.29. The number of nitro benzene ring substituents is 1. The van der Waals surface area contributed by atoms with Crippen LogP contribution in [0.1, 0.15) is 17.3 Å². The van der Waals surface area contributed by atoms with Crippen LogP contribution < -0.4 is 9.47 Å². The Balaban J connectivity index is 2.34. The summed E-state index contributed by atoms with van der Waals surface area (Å²) in [6.07, 6.45) is 0. The molecule has 2 aromatic rings. The first kappa shape index (κ1) is 14.5. The lowest BCUT2D eigenvalue weighted by Gasteiger charge is -2.08. The summed E-state index contributed by atoms with van der Waals surface area (Å²) in [5.41, 5.74) is -0.221. The molecule has 6 nitrogen and oxygen atoms in total. The molecule has 0 spiro atoms. The van der Waals surface area contributed by atoms with Crippen molar-refractivity contribution in [1.29, 1.82) is 0 Å². The molecule has 0 unspecified atom stereocenters. The van der Waals surface area contributed by atoms with E-state index in [9.17, 15) is 14.9 Å². The van der Waals surface area contributed by atoms with Gasteiger partial charge >= 0.3 is 0 Å². The average Bonchev–Trinajstić information content (AvgIpc) is 2.47. The number of hydrogen-bond donors (Lipinski definition) is 0. The lowest BCUT2D eigenvalue weighted by atomic mass is 10.1. The molecule has 0 saturated heterocycles. The van der Waals surface area contributed by atoms with Gasteiger partial charge in [-0.3, -0.25) is 14.9 Å². The molecule has 0 amide bonds. The predicted octanol–water partition coefficient (Wildman–Crippen LogP) is 3.60. The lowest BCUT2D eigenvalue weighted by molar-refractivity contribution is -0.385. The first-order valence-corrected chi connectivity index (χ1v) is 6.12. The number of ketones is 1. The number of ether oxygens (including phenoxy) is 2. The molecule has 0 radical (unpaired) electrons. The van der Waals surface area contributed by atoms with Gasteiger partial charge in [0.1, 0.15) is 17.2 Å². The zero-order valence-corrected chi connectivity index (χ0v) is 11.5. The highest BCUT2D eigenvalue weighted by atomic mass is 16.6. The van der Waals surface area contributed by atoms with Gasteiger partial charge in [-0.15, -0.1) is 0 Å². The fraction of sp³-hybridized carbons (Fsp3) is 0.133. The zero-order valence-electron chi connectivity index (χ0n) is 11.5. The molecule has 0 bridgehead atoms. The van der Waals surface area contributed by atoms with Gasteiger partial charge in [-0.05, 0) is 31.2 Å². The van der Waals surface area contributed by atoms with Crippen molar-refractivity contribution in [2.24, 2.45) is 0 Å². The number of carbonyl (C=O) groups is 1. The average molecular weight is 287 g/mol. The Morgan fingerprint density at radius 2 is 1.76 bits per heavy atom. The van der Waals surface area contributed by atoms with Gasteiger partial charge in [-0.25, -0.2) is 0 Å². The van der Waals surface area contributed by atoms with Crippen LogP contribution in [0.4, 0.5) is 5.69 Å². The standard InChI is InChI=1S/C15H13NO5/c1-10(17)14-9-13(6-7-15(14)16(18)19)21-12-5-3-4-11(8-12)20-2/h3-9H,1-2H3. The van der Waals surface area contributed by atoms with Crippen LogP contribution in [0.2, 0.25) is 0 Å². The summed E-state index contributed by atoms with van der Waals surface area (Å²) in [5, 5.41) is 10.9. The van der Waals surface area contributed by atoms with Gasteiger partial charge in [-0.2, -0.15) is 0 Å². The van der Waals surface area contributed by atoms with E-state index < -0.39 is 10.7 Å². The minimum absolute atomic E-state index is 0.0143. The molecule has 0 heterocycles. The SMILES string of the molecule is COc1cccc(Oc2ccc([N+](=O)[O-])c(C(C)=O)c2)c1. The molecular formula is C15H13NO5. The van der Waals surface area contributed by atoms with Gasteiger partial charge in [0.15, 0.2) is 5.78 Å². The highest BCUT2D eigenvalue weighted by molar-refractivity contribution is 5.98. The maximum absolute atomic E-state index is 11.5. The second kappa shape index (κ2) is 6.04. The van der Waals surface area contributed by atoms with E-state index in [1.807, 2.05) is 0 Å². The summed E-state index contributed by atoms with van der Waals surface area (Å²) in [4.78, 5) is 21.8. The van der Waals surface area contributed by atoms with E-state index in [1.165, 1.54) is 25.1 Å². The summed E-state index contributed by atoms with van der Waals surface area (Å²) in [6.45, 7) is 1.28. The normalized spacial score (nSPS) is 10.0. The van der Waals surface area contributed by atoms with Crippen LogP contribution in [-0.2, 0) is 0 Å². The molecule has 0 fully saturated rings. The summed E-state index contributed by atoms with van der Waals surface area (Å²) < 4.78 is 10.7. The van der Waals surface area contributed by atoms with E-state index in [4.69, 9.17) is 9.47 Å². The van der Waals surface area contributed by atoms with E-state index in [0.29, 0.717) is 17.2 Å². The van der Waals surface area contributed by atoms with Crippen LogP contribution in [0.15, 0.2) is 42.5 Å². The molecule has 0 aromatic heterocycles. The van der Waals surface area contributed by atoms with Crippen molar-refractivity contribution in [3.63, 3.8) is 0 Å². The highest BCUT2D eigenvalue weighted by Gasteiger charge is 2.18. The van der Waals surface area contributed by atoms with Crippen molar-refractivity contribution >= 4 is 11.5 Å². The van der Waals surface area contributed by atoms with E-state index in [-0.39, 0.29) is 11.3 Å². The second-order valence-electron chi connectivity index (χ2n) is 4.27. The zero-order chi connectivity index (χ0) is 15.4. The van der Waals surface area contributed by atoms with Gasteiger partial charge in [0.05, 0.1) is 17.6 Å². The fourth-order valence-electron chi connectivity index (χ4n) is 1.82. The molecule has 2 rings (SSSR count). The number of carbonyl (C=O) groups excluding carboxylic acids is 1. The van der Waals surface area contributed by atoms with Crippen LogP contribution in [-0.4, -0.2) is 17.8 Å². The molecular weight excluding hydrogens is 274 g/mol. The van der Waals surface area contributed by atoms with E-state index in [1.54, 1.807) is 31.4 Å². The van der Waals surface area contributed by atoms with Crippen LogP contribution in [0.5, 0.6) is 17.2 Å². The first-order valence-electron chi connectivity index (χ1n) is 6.12. The maximum Gasteiger partial charge on any atom is 0.280 e. The number of nitro groups is 1. The molecule has 0 aliphatic carbocycles. The number of methoxy groups -OCH3 is 1. The number of hydrogen-bond acceptors (Lipinski definition) is 5. The molecule has 6 heteroatoms. The third-order valence-corrected chi connectivity index (χ3v) is 2.82. The summed E-state index contributed by atoms with van der Waals surface area (Å²) >= 11 is 0. The first-order chi connectivity index (χ1) is 10.0. The summed E-state index contributed by atoms with van der Waals surface area (Å²) in [7, 11) is 1.54. The number of benzene rings is 2. The van der Waals surface area contributed by atoms with Crippen LogP contribution in [0.25, 0.3) is 0 Å². The van der Waals surface area contributed by atoms with Crippen LogP contribution >= 0.6 is 0 Å². The Morgan fingerprint density at radius 1 is 1.10 bits per heavy atom. The van der Waals surface area contributed by atoms with Gasteiger partial charge in [0.25, 0.3) is 5.69 Å². The predicted molar refractivity (Wildman–Crippen MR) is 76.2 cm³/mol. The number of Topliss-reactive ketones (excluding diaryl/α,β-unsaturated/α-hetero) is 1. The van der Waals surface area contributed by atoms with E-state index in [0.717, 1.165) is 0 Å². The van der Waals surface area contributed by atoms with Gasteiger partial charge in [-0.1, -0.05) is 6.07 Å². The minimum Gasteiger partial charge on any atom is -0.497 e. The van der Waals surface area contributed by atoms with E-state index >= 15 is 0 Å². The Kier molecular flexibility index (Phi) is 4.18. The summed E-state index contributed by atoms with van der Waals surface area (Å²) in [6, 6.07) is 11.0. The van der Waals surface area contributed by atoms with Crippen molar-refractivity contribution < 1.29 is 19.2 Å². The van der Waals surface area contributed by atoms with Crippen LogP contribution in [0, 0.1) is 10.1 Å². The van der Waals surface area contributed by atoms with Crippen molar-refractivity contribution in [3.8, 4) is 17.2 Å². The molecule has 21 heavy (non-hydrogen) atoms. The second-order valence-corrected chi connectivity index (χ2v) is 4.27. The van der Waals surface area contributed by atoms with Crippen molar-refractivity contribution in [3.05, 3.63) is 58.1 Å². The fourth-order valence-corrected chi connectivity index (χ4v) is 1.82.